The first-order valence-corrected chi connectivity index (χ1v) is 4.15. The van der Waals surface area contributed by atoms with Crippen LogP contribution >= 0.6 is 0 Å². The topological polar surface area (TPSA) is 49.3 Å². The average Bonchev–Trinajstić information content (AvgIpc) is 2.04. The molecule has 2 N–H and O–H groups in total. The number of hydrogen-bond donors (Lipinski definition) is 2. The van der Waals surface area contributed by atoms with E-state index in [1.807, 2.05) is 7.05 Å². The van der Waals surface area contributed by atoms with Crippen molar-refractivity contribution in [3.8, 4) is 0 Å². The summed E-state index contributed by atoms with van der Waals surface area (Å²) in [5, 5.41) is 11.9. The number of hydrogen-bond acceptors (Lipinski definition) is 2. The highest BCUT2D eigenvalue weighted by atomic mass is 16.4. The Labute approximate surface area is 66.8 Å². The number of rotatable bonds is 2. The lowest BCUT2D eigenvalue weighted by Gasteiger charge is -2.27. The number of carboxylic acid groups (broad SMARTS) is 1. The van der Waals surface area contributed by atoms with E-state index in [1.54, 1.807) is 0 Å². The van der Waals surface area contributed by atoms with Crippen LogP contribution in [0, 0.1) is 5.92 Å². The molecule has 0 spiro atoms. The smallest absolute Gasteiger partial charge is 0.308 e. The molecule has 0 unspecified atom stereocenters. The number of carbonyl (C=O) groups is 1. The molecule has 11 heavy (non-hydrogen) atoms. The highest BCUT2D eigenvalue weighted by Crippen LogP contribution is 2.23. The Bertz CT molecular complexity index is 147. The van der Waals surface area contributed by atoms with Gasteiger partial charge < -0.3 is 10.4 Å². The van der Waals surface area contributed by atoms with Crippen molar-refractivity contribution in [1.29, 1.82) is 0 Å². The lowest BCUT2D eigenvalue weighted by Crippen LogP contribution is -2.40. The molecule has 0 aromatic carbocycles. The molecule has 3 heteroatoms. The Hall–Kier alpha value is -0.570. The van der Waals surface area contributed by atoms with Crippen molar-refractivity contribution in [2.75, 3.05) is 7.05 Å². The zero-order chi connectivity index (χ0) is 8.27. The van der Waals surface area contributed by atoms with Crippen LogP contribution in [0.15, 0.2) is 0 Å². The summed E-state index contributed by atoms with van der Waals surface area (Å²) in [6.45, 7) is 0. The van der Waals surface area contributed by atoms with Gasteiger partial charge in [0.25, 0.3) is 0 Å². The maximum atomic E-state index is 10.7. The normalized spacial score (nSPS) is 31.7. The van der Waals surface area contributed by atoms with Crippen LogP contribution in [-0.2, 0) is 4.79 Å². The SMILES string of the molecule is CN[C@H]1CCCC[C@H]1C(=O)O. The van der Waals surface area contributed by atoms with Gasteiger partial charge in [-0.3, -0.25) is 4.79 Å². The molecule has 0 saturated heterocycles. The predicted molar refractivity (Wildman–Crippen MR) is 42.4 cm³/mol. The summed E-state index contributed by atoms with van der Waals surface area (Å²) >= 11 is 0. The van der Waals surface area contributed by atoms with Crippen LogP contribution in [0.2, 0.25) is 0 Å². The second kappa shape index (κ2) is 3.72. The Morgan fingerprint density at radius 2 is 2.09 bits per heavy atom. The van der Waals surface area contributed by atoms with E-state index in [0.29, 0.717) is 0 Å². The van der Waals surface area contributed by atoms with Crippen LogP contribution in [-0.4, -0.2) is 24.2 Å². The van der Waals surface area contributed by atoms with Crippen LogP contribution in [0.5, 0.6) is 0 Å². The standard InChI is InChI=1S/C8H15NO2/c1-9-7-5-3-2-4-6(7)8(10)11/h6-7,9H,2-5H2,1H3,(H,10,11)/t6-,7+/m1/s1. The largest absolute Gasteiger partial charge is 0.481 e. The molecule has 0 aromatic heterocycles. The average molecular weight is 157 g/mol. The third-order valence-corrected chi connectivity index (χ3v) is 2.45. The van der Waals surface area contributed by atoms with Crippen molar-refractivity contribution in [2.45, 2.75) is 31.7 Å². The van der Waals surface area contributed by atoms with E-state index in [2.05, 4.69) is 5.32 Å². The first-order chi connectivity index (χ1) is 5.25. The minimum Gasteiger partial charge on any atom is -0.481 e. The van der Waals surface area contributed by atoms with Crippen molar-refractivity contribution in [3.05, 3.63) is 0 Å². The fraction of sp³-hybridized carbons (Fsp3) is 0.875. The Balaban J connectivity index is 2.51. The fourth-order valence-corrected chi connectivity index (χ4v) is 1.77. The summed E-state index contributed by atoms with van der Waals surface area (Å²) in [4.78, 5) is 10.7. The van der Waals surface area contributed by atoms with Gasteiger partial charge in [-0.1, -0.05) is 12.8 Å². The van der Waals surface area contributed by atoms with Crippen molar-refractivity contribution >= 4 is 5.97 Å². The molecule has 0 aromatic rings. The van der Waals surface area contributed by atoms with Gasteiger partial charge in [-0.15, -0.1) is 0 Å². The molecule has 3 nitrogen and oxygen atoms in total. The Morgan fingerprint density at radius 1 is 1.45 bits per heavy atom. The van der Waals surface area contributed by atoms with Crippen molar-refractivity contribution in [3.63, 3.8) is 0 Å². The quantitative estimate of drug-likeness (QED) is 0.624. The molecule has 1 fully saturated rings. The summed E-state index contributed by atoms with van der Waals surface area (Å²) in [7, 11) is 1.84. The lowest BCUT2D eigenvalue weighted by atomic mass is 9.85. The van der Waals surface area contributed by atoms with Crippen LogP contribution < -0.4 is 5.32 Å². The second-order valence-corrected chi connectivity index (χ2v) is 3.12. The molecular weight excluding hydrogens is 142 g/mol. The molecule has 0 aliphatic heterocycles. The first-order valence-electron chi connectivity index (χ1n) is 4.15. The minimum absolute atomic E-state index is 0.159. The van der Waals surface area contributed by atoms with Crippen LogP contribution in [0.4, 0.5) is 0 Å². The molecular formula is C8H15NO2. The molecule has 0 bridgehead atoms. The summed E-state index contributed by atoms with van der Waals surface area (Å²) in [5.41, 5.74) is 0. The highest BCUT2D eigenvalue weighted by molar-refractivity contribution is 5.71. The molecule has 1 aliphatic carbocycles. The molecule has 64 valence electrons. The zero-order valence-electron chi connectivity index (χ0n) is 6.84. The number of nitrogens with one attached hydrogen (secondary N) is 1. The minimum atomic E-state index is -0.649. The molecule has 2 atom stereocenters. The first kappa shape index (κ1) is 8.53. The third-order valence-electron chi connectivity index (χ3n) is 2.45. The highest BCUT2D eigenvalue weighted by Gasteiger charge is 2.29. The van der Waals surface area contributed by atoms with Crippen LogP contribution in [0.25, 0.3) is 0 Å². The van der Waals surface area contributed by atoms with Gasteiger partial charge in [-0.2, -0.15) is 0 Å². The number of carboxylic acids is 1. The van der Waals surface area contributed by atoms with Crippen molar-refractivity contribution in [1.82, 2.24) is 5.32 Å². The summed E-state index contributed by atoms with van der Waals surface area (Å²) < 4.78 is 0. The van der Waals surface area contributed by atoms with Gasteiger partial charge in [0, 0.05) is 6.04 Å². The van der Waals surface area contributed by atoms with Gasteiger partial charge in [0.2, 0.25) is 0 Å². The maximum absolute atomic E-state index is 10.7. The van der Waals surface area contributed by atoms with E-state index in [4.69, 9.17) is 5.11 Å². The molecule has 1 rings (SSSR count). The van der Waals surface area contributed by atoms with Gasteiger partial charge in [-0.05, 0) is 19.9 Å². The van der Waals surface area contributed by atoms with Gasteiger partial charge >= 0.3 is 5.97 Å². The maximum Gasteiger partial charge on any atom is 0.308 e. The third kappa shape index (κ3) is 1.93. The van der Waals surface area contributed by atoms with Gasteiger partial charge in [0.05, 0.1) is 5.92 Å². The van der Waals surface area contributed by atoms with E-state index in [0.717, 1.165) is 25.7 Å². The van der Waals surface area contributed by atoms with Crippen LogP contribution in [0.1, 0.15) is 25.7 Å². The number of aliphatic carboxylic acids is 1. The molecule has 0 amide bonds. The second-order valence-electron chi connectivity index (χ2n) is 3.12. The molecule has 1 saturated carbocycles. The zero-order valence-corrected chi connectivity index (χ0v) is 6.84. The van der Waals surface area contributed by atoms with Crippen molar-refractivity contribution in [2.24, 2.45) is 5.92 Å². The molecule has 0 heterocycles. The summed E-state index contributed by atoms with van der Waals surface area (Å²) in [6.07, 6.45) is 4.07. The molecule has 0 radical (unpaired) electrons. The van der Waals surface area contributed by atoms with Gasteiger partial charge in [-0.25, -0.2) is 0 Å². The molecule has 1 aliphatic rings. The van der Waals surface area contributed by atoms with Gasteiger partial charge in [0.1, 0.15) is 0 Å². The summed E-state index contributed by atoms with van der Waals surface area (Å²) in [5.74, 6) is -0.808. The monoisotopic (exact) mass is 157 g/mol. The van der Waals surface area contributed by atoms with E-state index in [1.165, 1.54) is 0 Å². The lowest BCUT2D eigenvalue weighted by molar-refractivity contribution is -0.143. The van der Waals surface area contributed by atoms with E-state index >= 15 is 0 Å². The van der Waals surface area contributed by atoms with E-state index in [9.17, 15) is 4.79 Å². The fourth-order valence-electron chi connectivity index (χ4n) is 1.77. The Morgan fingerprint density at radius 3 is 2.55 bits per heavy atom. The van der Waals surface area contributed by atoms with E-state index < -0.39 is 5.97 Å². The Kier molecular flexibility index (Phi) is 2.88. The predicted octanol–water partition coefficient (Wildman–Crippen LogP) is 0.849. The van der Waals surface area contributed by atoms with Crippen molar-refractivity contribution < 1.29 is 9.90 Å². The summed E-state index contributed by atoms with van der Waals surface area (Å²) in [6, 6.07) is 0.196. The van der Waals surface area contributed by atoms with Gasteiger partial charge in [0.15, 0.2) is 0 Å². The van der Waals surface area contributed by atoms with E-state index in [-0.39, 0.29) is 12.0 Å². The van der Waals surface area contributed by atoms with Crippen LogP contribution in [0.3, 0.4) is 0 Å².